The highest BCUT2D eigenvalue weighted by Gasteiger charge is 2.21. The molecule has 0 aliphatic heterocycles. The van der Waals surface area contributed by atoms with Gasteiger partial charge >= 0.3 is 0 Å². The van der Waals surface area contributed by atoms with Gasteiger partial charge in [0.05, 0.1) is 31.4 Å². The van der Waals surface area contributed by atoms with E-state index in [4.69, 9.17) is 9.47 Å². The molecule has 1 aromatic heterocycles. The number of carbonyl (C=O) groups excluding carboxylic acids is 1. The highest BCUT2D eigenvalue weighted by Crippen LogP contribution is 2.30. The normalized spacial score (nSPS) is 11.8. The molecule has 7 heteroatoms. The van der Waals surface area contributed by atoms with Crippen LogP contribution in [0.4, 0.5) is 5.69 Å². The number of benzene rings is 2. The number of hydrogen-bond donors (Lipinski definition) is 1. The lowest BCUT2D eigenvalue weighted by Gasteiger charge is -2.18. The van der Waals surface area contributed by atoms with Crippen LogP contribution in [-0.2, 0) is 4.79 Å². The molecule has 1 atom stereocenters. The number of para-hydroxylation sites is 1. The van der Waals surface area contributed by atoms with Crippen molar-refractivity contribution in [3.05, 3.63) is 59.1 Å². The summed E-state index contributed by atoms with van der Waals surface area (Å²) < 4.78 is 11.8. The van der Waals surface area contributed by atoms with Gasteiger partial charge in [0, 0.05) is 11.8 Å². The maximum Gasteiger partial charge on any atom is 0.261 e. The van der Waals surface area contributed by atoms with Crippen LogP contribution in [0.15, 0.2) is 53.6 Å². The van der Waals surface area contributed by atoms with Crippen LogP contribution in [0.25, 0.3) is 10.9 Å². The minimum Gasteiger partial charge on any atom is -0.493 e. The van der Waals surface area contributed by atoms with Gasteiger partial charge in [0.25, 0.3) is 5.56 Å². The van der Waals surface area contributed by atoms with E-state index in [1.54, 1.807) is 43.5 Å². The lowest BCUT2D eigenvalue weighted by Crippen LogP contribution is -2.33. The van der Waals surface area contributed by atoms with Crippen molar-refractivity contribution < 1.29 is 14.3 Å². The molecule has 7 nitrogen and oxygen atoms in total. The van der Waals surface area contributed by atoms with Gasteiger partial charge in [-0.3, -0.25) is 14.2 Å². The largest absolute Gasteiger partial charge is 0.493 e. The fourth-order valence-electron chi connectivity index (χ4n) is 2.95. The number of rotatable bonds is 6. The average molecular weight is 367 g/mol. The summed E-state index contributed by atoms with van der Waals surface area (Å²) in [6.45, 7) is 1.85. The van der Waals surface area contributed by atoms with E-state index in [2.05, 4.69) is 10.3 Å². The van der Waals surface area contributed by atoms with Gasteiger partial charge < -0.3 is 14.8 Å². The first kappa shape index (κ1) is 18.4. The van der Waals surface area contributed by atoms with E-state index in [9.17, 15) is 9.59 Å². The third-order valence-electron chi connectivity index (χ3n) is 4.37. The van der Waals surface area contributed by atoms with Crippen LogP contribution in [0, 0.1) is 0 Å². The zero-order chi connectivity index (χ0) is 19.4. The summed E-state index contributed by atoms with van der Waals surface area (Å²) in [5.74, 6) is 0.772. The van der Waals surface area contributed by atoms with Gasteiger partial charge in [-0.25, -0.2) is 4.98 Å². The Hall–Kier alpha value is -3.35. The molecule has 140 valence electrons. The van der Waals surface area contributed by atoms with Gasteiger partial charge in [0.15, 0.2) is 11.5 Å². The Balaban J connectivity index is 1.91. The first-order valence-electron chi connectivity index (χ1n) is 8.57. The predicted molar refractivity (Wildman–Crippen MR) is 104 cm³/mol. The Labute approximate surface area is 156 Å². The van der Waals surface area contributed by atoms with E-state index >= 15 is 0 Å². The molecule has 0 bridgehead atoms. The first-order chi connectivity index (χ1) is 13.1. The fraction of sp³-hybridized carbons (Fsp3) is 0.250. The van der Waals surface area contributed by atoms with Crippen LogP contribution in [0.3, 0.4) is 0 Å². The molecule has 27 heavy (non-hydrogen) atoms. The molecule has 3 rings (SSSR count). The SMILES string of the molecule is CCC(C(=O)Nc1ccc(OC)c(OC)c1)n1cnc2ccccc2c1=O. The minimum absolute atomic E-state index is 0.241. The van der Waals surface area contributed by atoms with E-state index in [0.717, 1.165) is 0 Å². The van der Waals surface area contributed by atoms with Crippen molar-refractivity contribution >= 4 is 22.5 Å². The van der Waals surface area contributed by atoms with E-state index in [-0.39, 0.29) is 11.5 Å². The van der Waals surface area contributed by atoms with Crippen molar-refractivity contribution in [3.63, 3.8) is 0 Å². The van der Waals surface area contributed by atoms with E-state index in [0.29, 0.717) is 34.5 Å². The van der Waals surface area contributed by atoms with Crippen molar-refractivity contribution in [2.24, 2.45) is 0 Å². The smallest absolute Gasteiger partial charge is 0.261 e. The average Bonchev–Trinajstić information content (AvgIpc) is 2.70. The number of nitrogens with one attached hydrogen (secondary N) is 1. The molecule has 0 saturated carbocycles. The minimum atomic E-state index is -0.678. The molecule has 1 heterocycles. The standard InChI is InChI=1S/C20H21N3O4/c1-4-16(23-12-21-15-8-6-5-7-14(15)20(23)25)19(24)22-13-9-10-17(26-2)18(11-13)27-3/h5-12,16H,4H2,1-3H3,(H,22,24). The number of anilines is 1. The van der Waals surface area contributed by atoms with Crippen molar-refractivity contribution in [3.8, 4) is 11.5 Å². The van der Waals surface area contributed by atoms with Crippen molar-refractivity contribution in [2.45, 2.75) is 19.4 Å². The zero-order valence-electron chi connectivity index (χ0n) is 15.4. The summed E-state index contributed by atoms with van der Waals surface area (Å²) in [6, 6.07) is 11.5. The van der Waals surface area contributed by atoms with Gasteiger partial charge in [-0.05, 0) is 30.7 Å². The molecule has 1 amide bonds. The van der Waals surface area contributed by atoms with Crippen molar-refractivity contribution in [2.75, 3.05) is 19.5 Å². The number of carbonyl (C=O) groups is 1. The summed E-state index contributed by atoms with van der Waals surface area (Å²) >= 11 is 0. The summed E-state index contributed by atoms with van der Waals surface area (Å²) in [4.78, 5) is 29.9. The molecule has 0 spiro atoms. The molecule has 0 aliphatic carbocycles. The van der Waals surface area contributed by atoms with Crippen LogP contribution >= 0.6 is 0 Å². The lowest BCUT2D eigenvalue weighted by atomic mass is 10.1. The van der Waals surface area contributed by atoms with Gasteiger partial charge in [-0.2, -0.15) is 0 Å². The molecule has 0 aliphatic rings. The Bertz CT molecular complexity index is 1030. The Morgan fingerprint density at radius 3 is 2.59 bits per heavy atom. The van der Waals surface area contributed by atoms with Crippen molar-refractivity contribution in [1.82, 2.24) is 9.55 Å². The third-order valence-corrected chi connectivity index (χ3v) is 4.37. The topological polar surface area (TPSA) is 82.4 Å². The first-order valence-corrected chi connectivity index (χ1v) is 8.57. The summed E-state index contributed by atoms with van der Waals surface area (Å²) in [5, 5.41) is 3.31. The molecule has 0 saturated heterocycles. The molecular weight excluding hydrogens is 346 g/mol. The van der Waals surface area contributed by atoms with Crippen molar-refractivity contribution in [1.29, 1.82) is 0 Å². The number of nitrogens with zero attached hydrogens (tertiary/aromatic N) is 2. The molecule has 2 aromatic carbocycles. The number of methoxy groups -OCH3 is 2. The second-order valence-corrected chi connectivity index (χ2v) is 5.96. The number of amides is 1. The van der Waals surface area contributed by atoms with E-state index < -0.39 is 6.04 Å². The second-order valence-electron chi connectivity index (χ2n) is 5.96. The lowest BCUT2D eigenvalue weighted by molar-refractivity contribution is -0.119. The van der Waals surface area contributed by atoms with Crippen LogP contribution in [0.5, 0.6) is 11.5 Å². The fourth-order valence-corrected chi connectivity index (χ4v) is 2.95. The van der Waals surface area contributed by atoms with Gasteiger partial charge in [-0.15, -0.1) is 0 Å². The Morgan fingerprint density at radius 2 is 1.89 bits per heavy atom. The number of fused-ring (bicyclic) bond motifs is 1. The molecule has 1 unspecified atom stereocenters. The third kappa shape index (κ3) is 3.62. The monoisotopic (exact) mass is 367 g/mol. The van der Waals surface area contributed by atoms with E-state index in [1.807, 2.05) is 13.0 Å². The van der Waals surface area contributed by atoms with Gasteiger partial charge in [0.2, 0.25) is 5.91 Å². The van der Waals surface area contributed by atoms with Gasteiger partial charge in [0.1, 0.15) is 6.04 Å². The molecule has 0 radical (unpaired) electrons. The molecular formula is C20H21N3O4. The number of aromatic nitrogens is 2. The van der Waals surface area contributed by atoms with Crippen LogP contribution in [0.1, 0.15) is 19.4 Å². The van der Waals surface area contributed by atoms with Crippen LogP contribution in [-0.4, -0.2) is 29.7 Å². The maximum absolute atomic E-state index is 12.8. The number of hydrogen-bond acceptors (Lipinski definition) is 5. The summed E-state index contributed by atoms with van der Waals surface area (Å²) in [6.07, 6.45) is 1.87. The summed E-state index contributed by atoms with van der Waals surface area (Å²) in [7, 11) is 3.07. The summed E-state index contributed by atoms with van der Waals surface area (Å²) in [5.41, 5.74) is 0.918. The molecule has 3 aromatic rings. The quantitative estimate of drug-likeness (QED) is 0.724. The zero-order valence-corrected chi connectivity index (χ0v) is 15.4. The number of ether oxygens (including phenoxy) is 2. The molecule has 0 fully saturated rings. The maximum atomic E-state index is 12.8. The van der Waals surface area contributed by atoms with Crippen LogP contribution < -0.4 is 20.3 Å². The van der Waals surface area contributed by atoms with Gasteiger partial charge in [-0.1, -0.05) is 19.1 Å². The Morgan fingerprint density at radius 1 is 1.15 bits per heavy atom. The Kier molecular flexibility index (Phi) is 5.40. The van der Waals surface area contributed by atoms with E-state index in [1.165, 1.54) is 18.0 Å². The van der Waals surface area contributed by atoms with Crippen LogP contribution in [0.2, 0.25) is 0 Å². The predicted octanol–water partition coefficient (Wildman–Crippen LogP) is 3.00. The molecule has 1 N–H and O–H groups in total. The highest BCUT2D eigenvalue weighted by atomic mass is 16.5. The second kappa shape index (κ2) is 7.90. The highest BCUT2D eigenvalue weighted by molar-refractivity contribution is 5.94.